The largest absolute Gasteiger partial charge is 0.338 e. The maximum absolute atomic E-state index is 5.52. The monoisotopic (exact) mass is 215 g/mol. The summed E-state index contributed by atoms with van der Waals surface area (Å²) < 4.78 is 2.03. The molecule has 0 aliphatic carbocycles. The topological polar surface area (TPSA) is 43.8 Å². The Morgan fingerprint density at radius 1 is 1.25 bits per heavy atom. The molecule has 0 radical (unpaired) electrons. The van der Waals surface area contributed by atoms with E-state index in [0.717, 1.165) is 23.5 Å². The van der Waals surface area contributed by atoms with Crippen LogP contribution in [-0.4, -0.2) is 16.1 Å². The van der Waals surface area contributed by atoms with Crippen LogP contribution in [0.1, 0.15) is 11.4 Å². The highest BCUT2D eigenvalue weighted by molar-refractivity contribution is 5.59. The van der Waals surface area contributed by atoms with Crippen molar-refractivity contribution in [2.24, 2.45) is 12.8 Å². The highest BCUT2D eigenvalue weighted by Crippen LogP contribution is 2.18. The lowest BCUT2D eigenvalue weighted by molar-refractivity contribution is 0.858. The third kappa shape index (κ3) is 2.14. The Morgan fingerprint density at radius 3 is 2.44 bits per heavy atom. The summed E-state index contributed by atoms with van der Waals surface area (Å²) in [6.07, 6.45) is 2.98. The van der Waals surface area contributed by atoms with Crippen molar-refractivity contribution < 1.29 is 0 Å². The average molecular weight is 215 g/mol. The molecule has 1 aromatic carbocycles. The van der Waals surface area contributed by atoms with E-state index in [9.17, 15) is 0 Å². The van der Waals surface area contributed by atoms with Crippen molar-refractivity contribution in [3.8, 4) is 11.3 Å². The third-order valence-corrected chi connectivity index (χ3v) is 2.79. The molecule has 3 nitrogen and oxygen atoms in total. The van der Waals surface area contributed by atoms with Crippen LogP contribution in [0.25, 0.3) is 11.3 Å². The third-order valence-electron chi connectivity index (χ3n) is 2.79. The predicted molar refractivity (Wildman–Crippen MR) is 66.1 cm³/mol. The average Bonchev–Trinajstić information content (AvgIpc) is 2.61. The van der Waals surface area contributed by atoms with Crippen LogP contribution in [0.3, 0.4) is 0 Å². The van der Waals surface area contributed by atoms with E-state index in [2.05, 4.69) is 29.2 Å². The molecule has 3 heteroatoms. The lowest BCUT2D eigenvalue weighted by atomic mass is 10.1. The number of aryl methyl sites for hydroxylation is 2. The smallest absolute Gasteiger partial charge is 0.105 e. The molecule has 0 amide bonds. The lowest BCUT2D eigenvalue weighted by Gasteiger charge is -2.00. The summed E-state index contributed by atoms with van der Waals surface area (Å²) in [7, 11) is 2.01. The number of nitrogens with two attached hydrogens (primary N) is 1. The summed E-state index contributed by atoms with van der Waals surface area (Å²) in [6.45, 7) is 2.70. The van der Waals surface area contributed by atoms with Gasteiger partial charge in [0, 0.05) is 18.8 Å². The van der Waals surface area contributed by atoms with Gasteiger partial charge in [-0.1, -0.05) is 24.3 Å². The van der Waals surface area contributed by atoms with Gasteiger partial charge in [-0.2, -0.15) is 0 Å². The molecule has 0 atom stereocenters. The number of benzene rings is 1. The van der Waals surface area contributed by atoms with Crippen molar-refractivity contribution in [2.45, 2.75) is 13.3 Å². The first-order valence-corrected chi connectivity index (χ1v) is 5.50. The van der Waals surface area contributed by atoms with Gasteiger partial charge in [-0.25, -0.2) is 4.98 Å². The van der Waals surface area contributed by atoms with Gasteiger partial charge in [-0.15, -0.1) is 0 Å². The predicted octanol–water partition coefficient (Wildman–Crippen LogP) is 1.90. The Bertz CT molecular complexity index is 449. The molecule has 0 bridgehead atoms. The molecule has 84 valence electrons. The van der Waals surface area contributed by atoms with Crippen molar-refractivity contribution in [1.29, 1.82) is 0 Å². The van der Waals surface area contributed by atoms with E-state index >= 15 is 0 Å². The van der Waals surface area contributed by atoms with Crippen molar-refractivity contribution in [2.75, 3.05) is 6.54 Å². The number of hydrogen-bond donors (Lipinski definition) is 1. The maximum atomic E-state index is 5.52. The van der Waals surface area contributed by atoms with Crippen LogP contribution in [0.2, 0.25) is 0 Å². The number of imidazole rings is 1. The first-order valence-electron chi connectivity index (χ1n) is 5.50. The minimum Gasteiger partial charge on any atom is -0.338 e. The van der Waals surface area contributed by atoms with Gasteiger partial charge < -0.3 is 10.3 Å². The Labute approximate surface area is 95.9 Å². The molecule has 0 aliphatic heterocycles. The molecule has 16 heavy (non-hydrogen) atoms. The fourth-order valence-electron chi connectivity index (χ4n) is 1.71. The van der Waals surface area contributed by atoms with E-state index in [4.69, 9.17) is 5.73 Å². The van der Waals surface area contributed by atoms with Crippen LogP contribution in [0.4, 0.5) is 0 Å². The van der Waals surface area contributed by atoms with Gasteiger partial charge >= 0.3 is 0 Å². The standard InChI is InChI=1S/C13H17N3/c1-10-15-13(9-16(10)2)12-5-3-11(4-6-12)7-8-14/h3-6,9H,7-8,14H2,1-2H3. The van der Waals surface area contributed by atoms with Crippen molar-refractivity contribution in [3.63, 3.8) is 0 Å². The van der Waals surface area contributed by atoms with E-state index in [1.807, 2.05) is 24.7 Å². The first kappa shape index (κ1) is 10.9. The van der Waals surface area contributed by atoms with Gasteiger partial charge in [0.05, 0.1) is 5.69 Å². The van der Waals surface area contributed by atoms with Gasteiger partial charge in [0.15, 0.2) is 0 Å². The van der Waals surface area contributed by atoms with Crippen LogP contribution >= 0.6 is 0 Å². The van der Waals surface area contributed by atoms with E-state index in [1.54, 1.807) is 0 Å². The van der Waals surface area contributed by atoms with Crippen LogP contribution in [0.15, 0.2) is 30.5 Å². The molecule has 0 aliphatic rings. The molecule has 0 saturated heterocycles. The molecule has 0 saturated carbocycles. The first-order chi connectivity index (χ1) is 7.70. The number of aromatic nitrogens is 2. The molecule has 1 heterocycles. The normalized spacial score (nSPS) is 10.7. The minimum absolute atomic E-state index is 0.696. The SMILES string of the molecule is Cc1nc(-c2ccc(CCN)cc2)cn1C. The fourth-order valence-corrected chi connectivity index (χ4v) is 1.71. The highest BCUT2D eigenvalue weighted by Gasteiger charge is 2.03. The van der Waals surface area contributed by atoms with E-state index in [0.29, 0.717) is 6.54 Å². The van der Waals surface area contributed by atoms with Crippen molar-refractivity contribution >= 4 is 0 Å². The van der Waals surface area contributed by atoms with Gasteiger partial charge in [-0.05, 0) is 25.5 Å². The zero-order chi connectivity index (χ0) is 11.5. The van der Waals surface area contributed by atoms with Gasteiger partial charge in [-0.3, -0.25) is 0 Å². The Morgan fingerprint density at radius 2 is 1.94 bits per heavy atom. The molecule has 0 fully saturated rings. The molecule has 2 N–H and O–H groups in total. The van der Waals surface area contributed by atoms with Crippen molar-refractivity contribution in [3.05, 3.63) is 41.9 Å². The van der Waals surface area contributed by atoms with E-state index in [1.165, 1.54) is 5.56 Å². The van der Waals surface area contributed by atoms with Crippen LogP contribution < -0.4 is 5.73 Å². The molecule has 1 aromatic heterocycles. The second-order valence-corrected chi connectivity index (χ2v) is 4.02. The summed E-state index contributed by atoms with van der Waals surface area (Å²) >= 11 is 0. The van der Waals surface area contributed by atoms with Crippen LogP contribution in [-0.2, 0) is 13.5 Å². The summed E-state index contributed by atoms with van der Waals surface area (Å²) in [5.41, 5.74) is 8.98. The maximum Gasteiger partial charge on any atom is 0.105 e. The van der Waals surface area contributed by atoms with Crippen molar-refractivity contribution in [1.82, 2.24) is 9.55 Å². The number of rotatable bonds is 3. The van der Waals surface area contributed by atoms with Crippen LogP contribution in [0.5, 0.6) is 0 Å². The summed E-state index contributed by atoms with van der Waals surface area (Å²) in [5.74, 6) is 1.03. The second kappa shape index (κ2) is 4.49. The molecular formula is C13H17N3. The van der Waals surface area contributed by atoms with Crippen LogP contribution in [0, 0.1) is 6.92 Å². The number of nitrogens with zero attached hydrogens (tertiary/aromatic N) is 2. The molecule has 0 spiro atoms. The summed E-state index contributed by atoms with van der Waals surface area (Å²) in [4.78, 5) is 4.49. The Balaban J connectivity index is 2.27. The molecule has 0 unspecified atom stereocenters. The van der Waals surface area contributed by atoms with E-state index in [-0.39, 0.29) is 0 Å². The summed E-state index contributed by atoms with van der Waals surface area (Å²) in [6, 6.07) is 8.44. The molecular weight excluding hydrogens is 198 g/mol. The molecule has 2 rings (SSSR count). The zero-order valence-corrected chi connectivity index (χ0v) is 9.77. The Kier molecular flexibility index (Phi) is 3.06. The van der Waals surface area contributed by atoms with E-state index < -0.39 is 0 Å². The quantitative estimate of drug-likeness (QED) is 0.849. The lowest BCUT2D eigenvalue weighted by Crippen LogP contribution is -2.02. The Hall–Kier alpha value is -1.61. The van der Waals surface area contributed by atoms with Gasteiger partial charge in [0.1, 0.15) is 5.82 Å². The number of hydrogen-bond acceptors (Lipinski definition) is 2. The fraction of sp³-hybridized carbons (Fsp3) is 0.308. The summed E-state index contributed by atoms with van der Waals surface area (Å²) in [5, 5.41) is 0. The van der Waals surface area contributed by atoms with Gasteiger partial charge in [0.2, 0.25) is 0 Å². The molecule has 2 aromatic rings. The second-order valence-electron chi connectivity index (χ2n) is 4.02. The highest BCUT2D eigenvalue weighted by atomic mass is 15.0. The zero-order valence-electron chi connectivity index (χ0n) is 9.77. The van der Waals surface area contributed by atoms with Gasteiger partial charge in [0.25, 0.3) is 0 Å². The minimum atomic E-state index is 0.696.